The molecule has 0 N–H and O–H groups in total. The molecule has 2 atom stereocenters. The Morgan fingerprint density at radius 3 is 1.52 bits per heavy atom. The Hall–Kier alpha value is -2.88. The molecule has 2 heterocycles. The van der Waals surface area contributed by atoms with Gasteiger partial charge in [-0.15, -0.1) is 0 Å². The van der Waals surface area contributed by atoms with Crippen molar-refractivity contribution in [3.63, 3.8) is 0 Å². The summed E-state index contributed by atoms with van der Waals surface area (Å²) in [5.74, 6) is 0. The lowest BCUT2D eigenvalue weighted by atomic mass is 9.93. The van der Waals surface area contributed by atoms with Gasteiger partial charge in [0.05, 0.1) is 0 Å². The summed E-state index contributed by atoms with van der Waals surface area (Å²) in [5, 5.41) is 0. The van der Waals surface area contributed by atoms with Gasteiger partial charge in [-0.05, 0) is 74.6 Å². The molecule has 4 rings (SSSR count). The lowest BCUT2D eigenvalue weighted by molar-refractivity contribution is 0.381. The number of aryl methyl sites for hydroxylation is 2. The van der Waals surface area contributed by atoms with Crippen molar-refractivity contribution in [2.75, 3.05) is 23.9 Å². The van der Waals surface area contributed by atoms with Crippen molar-refractivity contribution in [3.05, 3.63) is 71.8 Å². The first-order valence-electron chi connectivity index (χ1n) is 10.4. The zero-order valence-corrected chi connectivity index (χ0v) is 18.6. The molecule has 2 aromatic carbocycles. The van der Waals surface area contributed by atoms with Crippen LogP contribution in [0.3, 0.4) is 0 Å². The molecule has 0 amide bonds. The van der Waals surface area contributed by atoms with E-state index in [1.54, 1.807) is 0 Å². The van der Waals surface area contributed by atoms with Gasteiger partial charge >= 0.3 is 0 Å². The third kappa shape index (κ3) is 3.17. The van der Waals surface area contributed by atoms with Crippen LogP contribution in [-0.2, 0) is 0 Å². The number of hydrogen-bond donors (Lipinski definition) is 0. The van der Waals surface area contributed by atoms with Gasteiger partial charge in [-0.3, -0.25) is 0 Å². The van der Waals surface area contributed by atoms with Gasteiger partial charge in [0.25, 0.3) is 0 Å². The molecule has 2 aliphatic rings. The number of hydrogen-bond acceptors (Lipinski definition) is 4. The summed E-state index contributed by atoms with van der Waals surface area (Å²) in [5.41, 5.74) is 9.08. The van der Waals surface area contributed by atoms with Gasteiger partial charge in [-0.25, -0.2) is 0 Å². The average Bonchev–Trinajstić information content (AvgIpc) is 3.18. The first-order valence-corrected chi connectivity index (χ1v) is 10.4. The second-order valence-electron chi connectivity index (χ2n) is 8.41. The minimum atomic E-state index is 0.295. The Labute approximate surface area is 175 Å². The molecule has 0 aliphatic carbocycles. The van der Waals surface area contributed by atoms with E-state index in [0.29, 0.717) is 12.3 Å². The predicted molar refractivity (Wildman–Crippen MR) is 124 cm³/mol. The second-order valence-corrected chi connectivity index (χ2v) is 8.41. The van der Waals surface area contributed by atoms with E-state index in [1.165, 1.54) is 39.2 Å². The molecule has 0 saturated carbocycles. The Balaban J connectivity index is 1.93. The van der Waals surface area contributed by atoms with Gasteiger partial charge in [0.15, 0.2) is 0 Å². The maximum absolute atomic E-state index is 2.38. The summed E-state index contributed by atoms with van der Waals surface area (Å²) in [7, 11) is 4.26. The number of benzene rings is 2. The highest BCUT2D eigenvalue weighted by Crippen LogP contribution is 2.41. The minimum Gasteiger partial charge on any atom is -0.359 e. The van der Waals surface area contributed by atoms with E-state index in [1.807, 2.05) is 0 Å². The largest absolute Gasteiger partial charge is 0.359 e. The topological polar surface area (TPSA) is 13.0 Å². The molecule has 2 aliphatic heterocycles. The molecular weight excluding hydrogens is 356 g/mol. The summed E-state index contributed by atoms with van der Waals surface area (Å²) in [6, 6.07) is 11.3. The Kier molecular flexibility index (Phi) is 4.81. The first kappa shape index (κ1) is 19.4. The highest BCUT2D eigenvalue weighted by Gasteiger charge is 2.27. The van der Waals surface area contributed by atoms with Crippen LogP contribution in [0.5, 0.6) is 0 Å². The van der Waals surface area contributed by atoms with Crippen LogP contribution in [0, 0.1) is 20.8 Å². The fourth-order valence-corrected chi connectivity index (χ4v) is 4.44. The van der Waals surface area contributed by atoms with Crippen molar-refractivity contribution >= 4 is 11.4 Å². The van der Waals surface area contributed by atoms with Gasteiger partial charge < -0.3 is 19.6 Å². The third-order valence-corrected chi connectivity index (χ3v) is 6.59. The fraction of sp³-hybridized carbons (Fsp3) is 0.360. The van der Waals surface area contributed by atoms with Gasteiger partial charge in [-0.1, -0.05) is 18.2 Å². The Morgan fingerprint density at radius 2 is 1.14 bits per heavy atom. The molecule has 4 nitrogen and oxygen atoms in total. The Morgan fingerprint density at radius 1 is 0.690 bits per heavy atom. The Bertz CT molecular complexity index is 919. The van der Waals surface area contributed by atoms with Crippen molar-refractivity contribution in [1.29, 1.82) is 0 Å². The van der Waals surface area contributed by atoms with Crippen LogP contribution < -0.4 is 9.80 Å². The summed E-state index contributed by atoms with van der Waals surface area (Å²) in [4.78, 5) is 9.25. The lowest BCUT2D eigenvalue weighted by Crippen LogP contribution is -2.35. The number of rotatable bonds is 3. The van der Waals surface area contributed by atoms with E-state index < -0.39 is 0 Å². The minimum absolute atomic E-state index is 0.295. The summed E-state index contributed by atoms with van der Waals surface area (Å²) in [6.07, 6.45) is 9.29. The van der Waals surface area contributed by atoms with Crippen LogP contribution in [0.1, 0.15) is 30.5 Å². The zero-order chi connectivity index (χ0) is 20.9. The maximum Gasteiger partial charge on any atom is 0.102 e. The lowest BCUT2D eigenvalue weighted by Gasteiger charge is -2.33. The van der Waals surface area contributed by atoms with E-state index >= 15 is 0 Å². The smallest absolute Gasteiger partial charge is 0.102 e. The molecule has 0 spiro atoms. The average molecular weight is 389 g/mol. The van der Waals surface area contributed by atoms with Crippen molar-refractivity contribution in [3.8, 4) is 11.1 Å². The van der Waals surface area contributed by atoms with Crippen LogP contribution in [0.25, 0.3) is 11.1 Å². The first-order chi connectivity index (χ1) is 13.8. The molecule has 0 unspecified atom stereocenters. The quantitative estimate of drug-likeness (QED) is 0.696. The van der Waals surface area contributed by atoms with Gasteiger partial charge in [0.2, 0.25) is 0 Å². The molecule has 4 heteroatoms. The van der Waals surface area contributed by atoms with Crippen LogP contribution >= 0.6 is 0 Å². The molecule has 0 saturated heterocycles. The van der Waals surface area contributed by atoms with E-state index in [-0.39, 0.29) is 0 Å². The second kappa shape index (κ2) is 7.18. The molecular formula is C25H32N4. The van der Waals surface area contributed by atoms with Crippen molar-refractivity contribution < 1.29 is 0 Å². The number of anilines is 2. The molecule has 0 radical (unpaired) electrons. The standard InChI is InChI=1S/C25H32N4/c1-17-9-8-10-18(2)25(17)22-15-23(28-13-11-26(6)20(28)4)19(3)24(16-22)29-14-12-27(7)21(29)5/h8-16,20-21H,1-7H3/t20-,21+. The summed E-state index contributed by atoms with van der Waals surface area (Å²) < 4.78 is 0. The van der Waals surface area contributed by atoms with E-state index in [0.717, 1.165) is 0 Å². The van der Waals surface area contributed by atoms with E-state index in [4.69, 9.17) is 0 Å². The van der Waals surface area contributed by atoms with Crippen molar-refractivity contribution in [2.45, 2.75) is 47.0 Å². The predicted octanol–water partition coefficient (Wildman–Crippen LogP) is 5.42. The summed E-state index contributed by atoms with van der Waals surface area (Å²) in [6.45, 7) is 11.2. The SMILES string of the molecule is Cc1cccc(C)c1-c1cc(N2C=CN(C)[C@H]2C)c(C)c(N2C=CN(C)[C@@H]2C)c1. The molecule has 0 bridgehead atoms. The summed E-state index contributed by atoms with van der Waals surface area (Å²) >= 11 is 0. The highest BCUT2D eigenvalue weighted by molar-refractivity contribution is 5.82. The molecule has 29 heavy (non-hydrogen) atoms. The molecule has 2 aromatic rings. The number of nitrogens with zero attached hydrogens (tertiary/aromatic N) is 4. The highest BCUT2D eigenvalue weighted by atomic mass is 15.4. The van der Waals surface area contributed by atoms with Crippen molar-refractivity contribution in [1.82, 2.24) is 9.80 Å². The van der Waals surface area contributed by atoms with Crippen LogP contribution in [0.15, 0.2) is 55.1 Å². The molecule has 0 aromatic heterocycles. The van der Waals surface area contributed by atoms with E-state index in [2.05, 4.69) is 123 Å². The van der Waals surface area contributed by atoms with E-state index in [9.17, 15) is 0 Å². The fourth-order valence-electron chi connectivity index (χ4n) is 4.44. The molecule has 152 valence electrons. The van der Waals surface area contributed by atoms with Crippen LogP contribution in [0.2, 0.25) is 0 Å². The third-order valence-electron chi connectivity index (χ3n) is 6.59. The normalized spacial score (nSPS) is 21.1. The van der Waals surface area contributed by atoms with Crippen LogP contribution in [0.4, 0.5) is 11.4 Å². The van der Waals surface area contributed by atoms with Gasteiger partial charge in [-0.2, -0.15) is 0 Å². The monoisotopic (exact) mass is 388 g/mol. The maximum atomic E-state index is 2.38. The van der Waals surface area contributed by atoms with Gasteiger partial charge in [0, 0.05) is 50.3 Å². The van der Waals surface area contributed by atoms with Gasteiger partial charge in [0.1, 0.15) is 12.3 Å². The van der Waals surface area contributed by atoms with Crippen LogP contribution in [-0.4, -0.2) is 36.2 Å². The zero-order valence-electron chi connectivity index (χ0n) is 18.6. The molecule has 0 fully saturated rings. The van der Waals surface area contributed by atoms with Crippen molar-refractivity contribution in [2.24, 2.45) is 0 Å².